The second-order valence-electron chi connectivity index (χ2n) is 0.448. The monoisotopic (exact) mass is 146 g/mol. The van der Waals surface area contributed by atoms with Gasteiger partial charge in [0.1, 0.15) is 0 Å². The molecule has 0 aliphatic heterocycles. The van der Waals surface area contributed by atoms with Crippen LogP contribution in [-0.4, -0.2) is 17.5 Å². The Morgan fingerprint density at radius 1 is 1.12 bits per heavy atom. The van der Waals surface area contributed by atoms with Gasteiger partial charge in [0.25, 0.3) is 0 Å². The van der Waals surface area contributed by atoms with Crippen molar-refractivity contribution in [1.82, 2.24) is 0 Å². The smallest absolute Gasteiger partial charge is 1.00 e. The Labute approximate surface area is 58.2 Å². The van der Waals surface area contributed by atoms with Gasteiger partial charge in [-0.3, -0.25) is 18.5 Å². The molecule has 0 aromatic rings. The Kier molecular flexibility index (Phi) is 21.9. The molecule has 0 aliphatic rings. The SMILES string of the molecule is F.F.O=S(=O)(O)O.[H-].[Li+]. The number of hydrogen-bond donors (Lipinski definition) is 2. The summed E-state index contributed by atoms with van der Waals surface area (Å²) in [6.45, 7) is 0. The van der Waals surface area contributed by atoms with Crippen LogP contribution in [0, 0.1) is 0 Å². The number of rotatable bonds is 0. The van der Waals surface area contributed by atoms with Crippen LogP contribution in [0.2, 0.25) is 0 Å². The first kappa shape index (κ1) is 23.9. The Bertz CT molecular complexity index is 102. The molecular weight excluding hydrogens is 141 g/mol. The van der Waals surface area contributed by atoms with Crippen molar-refractivity contribution in [2.45, 2.75) is 0 Å². The number of hydrogen-bond acceptors (Lipinski definition) is 2. The van der Waals surface area contributed by atoms with Crippen molar-refractivity contribution in [1.29, 1.82) is 0 Å². The third-order valence-electron chi connectivity index (χ3n) is 0. The van der Waals surface area contributed by atoms with E-state index in [-0.39, 0.29) is 29.7 Å². The van der Waals surface area contributed by atoms with Crippen LogP contribution in [0.15, 0.2) is 0 Å². The second kappa shape index (κ2) is 7.33. The van der Waals surface area contributed by atoms with Gasteiger partial charge < -0.3 is 1.43 Å². The zero-order valence-corrected chi connectivity index (χ0v) is 4.75. The van der Waals surface area contributed by atoms with Crippen molar-refractivity contribution in [2.75, 3.05) is 0 Å². The van der Waals surface area contributed by atoms with Crippen LogP contribution in [0.4, 0.5) is 9.41 Å². The van der Waals surface area contributed by atoms with Crippen molar-refractivity contribution in [2.24, 2.45) is 0 Å². The van der Waals surface area contributed by atoms with Crippen LogP contribution in [-0.2, 0) is 10.4 Å². The summed E-state index contributed by atoms with van der Waals surface area (Å²) in [5.74, 6) is 0. The fourth-order valence-electron chi connectivity index (χ4n) is 0. The van der Waals surface area contributed by atoms with Gasteiger partial charge in [-0.2, -0.15) is 8.42 Å². The average molecular weight is 146 g/mol. The van der Waals surface area contributed by atoms with Crippen LogP contribution >= 0.6 is 0 Å². The molecule has 0 unspecified atom stereocenters. The van der Waals surface area contributed by atoms with E-state index in [1.165, 1.54) is 0 Å². The van der Waals surface area contributed by atoms with Crippen molar-refractivity contribution < 1.29 is 47.2 Å². The molecular formula is H5F2LiO4S. The summed E-state index contributed by atoms with van der Waals surface area (Å²) in [6.07, 6.45) is 0. The maximum Gasteiger partial charge on any atom is 1.00 e. The third kappa shape index (κ3) is 1680. The normalized spacial score (nSPS) is 7.25. The summed E-state index contributed by atoms with van der Waals surface area (Å²) in [6, 6.07) is 0. The molecule has 0 heterocycles. The minimum Gasteiger partial charge on any atom is -1.00 e. The predicted molar refractivity (Wildman–Crippen MR) is 20.3 cm³/mol. The fraction of sp³-hybridized carbons (Fsp3) is 0. The third-order valence-corrected chi connectivity index (χ3v) is 0. The maximum atomic E-state index is 8.74. The zero-order chi connectivity index (χ0) is 4.50. The van der Waals surface area contributed by atoms with Gasteiger partial charge in [-0.25, -0.2) is 0 Å². The molecule has 0 atom stereocenters. The largest absolute Gasteiger partial charge is 1.00 e. The summed E-state index contributed by atoms with van der Waals surface area (Å²) >= 11 is 0. The molecule has 8 heteroatoms. The van der Waals surface area contributed by atoms with Gasteiger partial charge in [0, 0.05) is 0 Å². The average Bonchev–Trinajstić information content (AvgIpc) is 0.722. The van der Waals surface area contributed by atoms with Gasteiger partial charge in [0.2, 0.25) is 0 Å². The minimum atomic E-state index is -4.67. The zero-order valence-electron chi connectivity index (χ0n) is 4.94. The van der Waals surface area contributed by atoms with E-state index in [9.17, 15) is 0 Å². The Morgan fingerprint density at radius 2 is 1.12 bits per heavy atom. The molecule has 0 bridgehead atoms. The first-order valence-corrected chi connectivity index (χ1v) is 2.10. The topological polar surface area (TPSA) is 74.6 Å². The molecule has 0 spiro atoms. The quantitative estimate of drug-likeness (QED) is 0.278. The van der Waals surface area contributed by atoms with Crippen LogP contribution in [0.1, 0.15) is 1.43 Å². The van der Waals surface area contributed by atoms with Gasteiger partial charge in [-0.15, -0.1) is 0 Å². The predicted octanol–water partition coefficient (Wildman–Crippen LogP) is -3.23. The van der Waals surface area contributed by atoms with E-state index in [0.29, 0.717) is 0 Å². The molecule has 4 nitrogen and oxygen atoms in total. The molecule has 0 fully saturated rings. The van der Waals surface area contributed by atoms with Gasteiger partial charge in [-0.1, -0.05) is 0 Å². The van der Waals surface area contributed by atoms with Crippen molar-refractivity contribution in [3.63, 3.8) is 0 Å². The van der Waals surface area contributed by atoms with Crippen molar-refractivity contribution in [3.8, 4) is 0 Å². The van der Waals surface area contributed by atoms with E-state index in [1.807, 2.05) is 0 Å². The summed E-state index contributed by atoms with van der Waals surface area (Å²) < 4.78 is 31.6. The first-order valence-electron chi connectivity index (χ1n) is 0.698. The van der Waals surface area contributed by atoms with Gasteiger partial charge >= 0.3 is 29.3 Å². The fourth-order valence-corrected chi connectivity index (χ4v) is 0. The minimum absolute atomic E-state index is 0. The van der Waals surface area contributed by atoms with Gasteiger partial charge in [0.15, 0.2) is 0 Å². The molecule has 0 rings (SSSR count). The Balaban J connectivity index is -0.0000000133. The number of halogens is 2. The summed E-state index contributed by atoms with van der Waals surface area (Å²) in [5, 5.41) is 0. The van der Waals surface area contributed by atoms with E-state index >= 15 is 0 Å². The molecule has 0 aliphatic carbocycles. The molecule has 0 saturated heterocycles. The van der Waals surface area contributed by atoms with E-state index in [1.54, 1.807) is 0 Å². The molecule has 0 aromatic carbocycles. The van der Waals surface area contributed by atoms with Crippen LogP contribution < -0.4 is 18.9 Å². The maximum absolute atomic E-state index is 8.74. The van der Waals surface area contributed by atoms with Crippen LogP contribution in [0.3, 0.4) is 0 Å². The second-order valence-corrected chi connectivity index (χ2v) is 1.34. The van der Waals surface area contributed by atoms with Crippen LogP contribution in [0.5, 0.6) is 0 Å². The van der Waals surface area contributed by atoms with Gasteiger partial charge in [0.05, 0.1) is 0 Å². The summed E-state index contributed by atoms with van der Waals surface area (Å²) in [5.41, 5.74) is 0. The summed E-state index contributed by atoms with van der Waals surface area (Å²) in [4.78, 5) is 0. The molecule has 50 valence electrons. The van der Waals surface area contributed by atoms with E-state index in [0.717, 1.165) is 0 Å². The van der Waals surface area contributed by atoms with Gasteiger partial charge in [-0.05, 0) is 0 Å². The standard InChI is InChI=1S/2FH.Li.H2O4S.H/c;;;1-5(2,3)4;/h2*1H;;(H2,1,2,3,4);/q;;+1;;-1. The van der Waals surface area contributed by atoms with E-state index in [4.69, 9.17) is 17.5 Å². The van der Waals surface area contributed by atoms with Crippen molar-refractivity contribution >= 4 is 10.4 Å². The molecule has 2 N–H and O–H groups in total. The van der Waals surface area contributed by atoms with Crippen molar-refractivity contribution in [3.05, 3.63) is 0 Å². The van der Waals surface area contributed by atoms with E-state index < -0.39 is 10.4 Å². The van der Waals surface area contributed by atoms with Crippen LogP contribution in [0.25, 0.3) is 0 Å². The van der Waals surface area contributed by atoms with E-state index in [2.05, 4.69) is 0 Å². The molecule has 0 saturated carbocycles. The molecule has 0 aromatic heterocycles. The summed E-state index contributed by atoms with van der Waals surface area (Å²) in [7, 11) is -4.67. The molecule has 0 radical (unpaired) electrons. The Morgan fingerprint density at radius 3 is 1.12 bits per heavy atom. The molecule has 8 heavy (non-hydrogen) atoms. The Hall–Kier alpha value is 0.327. The first-order chi connectivity index (χ1) is 2.00. The molecule has 0 amide bonds.